The van der Waals surface area contributed by atoms with E-state index in [0.29, 0.717) is 30.6 Å². The Morgan fingerprint density at radius 2 is 2.05 bits per heavy atom. The summed E-state index contributed by atoms with van der Waals surface area (Å²) in [6.07, 6.45) is 5.14. The van der Waals surface area contributed by atoms with Gasteiger partial charge in [0, 0.05) is 6.54 Å². The van der Waals surface area contributed by atoms with Gasteiger partial charge in [-0.3, -0.25) is 0 Å². The highest BCUT2D eigenvalue weighted by atomic mass is 32.2. The topological polar surface area (TPSA) is 93.5 Å². The van der Waals surface area contributed by atoms with Crippen LogP contribution < -0.4 is 15.8 Å². The molecule has 6 nitrogen and oxygen atoms in total. The first-order valence-corrected chi connectivity index (χ1v) is 8.70. The van der Waals surface area contributed by atoms with Crippen molar-refractivity contribution >= 4 is 21.4 Å². The molecule has 1 saturated carbocycles. The van der Waals surface area contributed by atoms with E-state index in [1.54, 1.807) is 6.07 Å². The molecule has 0 aliphatic heterocycles. The van der Waals surface area contributed by atoms with Gasteiger partial charge in [0.2, 0.25) is 10.0 Å². The molecular formula is C14H23N3O3S. The first kappa shape index (κ1) is 16.1. The van der Waals surface area contributed by atoms with Gasteiger partial charge in [-0.25, -0.2) is 13.1 Å². The molecule has 21 heavy (non-hydrogen) atoms. The quantitative estimate of drug-likeness (QED) is 0.524. The van der Waals surface area contributed by atoms with Gasteiger partial charge in [0.25, 0.3) is 0 Å². The number of hydrogen-bond acceptors (Lipinski definition) is 5. The number of benzene rings is 1. The molecule has 0 unspecified atom stereocenters. The molecule has 0 atom stereocenters. The zero-order valence-corrected chi connectivity index (χ0v) is 13.1. The number of nitrogen functional groups attached to an aromatic ring is 1. The lowest BCUT2D eigenvalue weighted by Crippen LogP contribution is -2.19. The summed E-state index contributed by atoms with van der Waals surface area (Å²) >= 11 is 0. The highest BCUT2D eigenvalue weighted by Gasteiger charge is 2.15. The smallest absolute Gasteiger partial charge is 0.240 e. The van der Waals surface area contributed by atoms with Crippen molar-refractivity contribution in [3.63, 3.8) is 0 Å². The first-order valence-electron chi connectivity index (χ1n) is 7.21. The SMILES string of the molecule is CNS(=O)(=O)c1ccc(N)c(NCCOC2CCCC2)c1. The fraction of sp³-hybridized carbons (Fsp3) is 0.571. The molecule has 1 fully saturated rings. The molecule has 0 aromatic heterocycles. The largest absolute Gasteiger partial charge is 0.397 e. The third-order valence-electron chi connectivity index (χ3n) is 3.68. The van der Waals surface area contributed by atoms with Crippen molar-refractivity contribution in [3.8, 4) is 0 Å². The van der Waals surface area contributed by atoms with Gasteiger partial charge in [-0.05, 0) is 38.1 Å². The summed E-state index contributed by atoms with van der Waals surface area (Å²) in [7, 11) is -2.07. The van der Waals surface area contributed by atoms with E-state index in [1.807, 2.05) is 0 Å². The number of hydrogen-bond donors (Lipinski definition) is 3. The zero-order valence-electron chi connectivity index (χ0n) is 12.3. The van der Waals surface area contributed by atoms with E-state index in [4.69, 9.17) is 10.5 Å². The van der Waals surface area contributed by atoms with Crippen LogP contribution in [0.25, 0.3) is 0 Å². The van der Waals surface area contributed by atoms with E-state index in [1.165, 1.54) is 32.0 Å². The molecule has 0 spiro atoms. The number of nitrogens with one attached hydrogen (secondary N) is 2. The van der Waals surface area contributed by atoms with E-state index in [-0.39, 0.29) is 4.90 Å². The number of nitrogens with two attached hydrogens (primary N) is 1. The Balaban J connectivity index is 1.91. The Morgan fingerprint density at radius 3 is 2.71 bits per heavy atom. The Bertz CT molecular complexity index is 569. The predicted molar refractivity (Wildman–Crippen MR) is 83.8 cm³/mol. The third-order valence-corrected chi connectivity index (χ3v) is 5.09. The second-order valence-electron chi connectivity index (χ2n) is 5.16. The third kappa shape index (κ3) is 4.33. The van der Waals surface area contributed by atoms with Crippen molar-refractivity contribution in [2.75, 3.05) is 31.2 Å². The summed E-state index contributed by atoms with van der Waals surface area (Å²) < 4.78 is 31.6. The summed E-state index contributed by atoms with van der Waals surface area (Å²) in [6, 6.07) is 4.61. The van der Waals surface area contributed by atoms with Crippen molar-refractivity contribution in [3.05, 3.63) is 18.2 Å². The minimum Gasteiger partial charge on any atom is -0.397 e. The maximum Gasteiger partial charge on any atom is 0.240 e. The normalized spacial score (nSPS) is 16.2. The van der Waals surface area contributed by atoms with Gasteiger partial charge in [-0.2, -0.15) is 0 Å². The van der Waals surface area contributed by atoms with Crippen LogP contribution in [0.3, 0.4) is 0 Å². The van der Waals surface area contributed by atoms with Crippen LogP contribution in [0.15, 0.2) is 23.1 Å². The second-order valence-corrected chi connectivity index (χ2v) is 7.05. The van der Waals surface area contributed by atoms with E-state index in [0.717, 1.165) is 12.8 Å². The molecule has 0 saturated heterocycles. The van der Waals surface area contributed by atoms with Gasteiger partial charge >= 0.3 is 0 Å². The van der Waals surface area contributed by atoms with Crippen LogP contribution in [-0.4, -0.2) is 34.7 Å². The lowest BCUT2D eigenvalue weighted by molar-refractivity contribution is 0.0659. The van der Waals surface area contributed by atoms with Crippen molar-refractivity contribution in [1.82, 2.24) is 4.72 Å². The average Bonchev–Trinajstić information content (AvgIpc) is 2.98. The summed E-state index contributed by atoms with van der Waals surface area (Å²) in [4.78, 5) is 0.193. The minimum absolute atomic E-state index is 0.193. The van der Waals surface area contributed by atoms with Gasteiger partial charge in [0.15, 0.2) is 0 Å². The first-order chi connectivity index (χ1) is 10.0. The fourth-order valence-corrected chi connectivity index (χ4v) is 3.20. The Morgan fingerprint density at radius 1 is 1.33 bits per heavy atom. The van der Waals surface area contributed by atoms with Crippen LogP contribution >= 0.6 is 0 Å². The van der Waals surface area contributed by atoms with Crippen LogP contribution in [0, 0.1) is 0 Å². The van der Waals surface area contributed by atoms with Crippen molar-refractivity contribution in [2.45, 2.75) is 36.7 Å². The Kier molecular flexibility index (Phi) is 5.44. The summed E-state index contributed by atoms with van der Waals surface area (Å²) in [5.74, 6) is 0. The molecule has 1 aliphatic carbocycles. The van der Waals surface area contributed by atoms with Crippen molar-refractivity contribution in [2.24, 2.45) is 0 Å². The van der Waals surface area contributed by atoms with Crippen LogP contribution in [0.1, 0.15) is 25.7 Å². The molecule has 1 aliphatic rings. The highest BCUT2D eigenvalue weighted by molar-refractivity contribution is 7.89. The van der Waals surface area contributed by atoms with Gasteiger partial charge in [-0.1, -0.05) is 12.8 Å². The van der Waals surface area contributed by atoms with Crippen molar-refractivity contribution in [1.29, 1.82) is 0 Å². The van der Waals surface area contributed by atoms with E-state index < -0.39 is 10.0 Å². The molecule has 7 heteroatoms. The van der Waals surface area contributed by atoms with Gasteiger partial charge in [-0.15, -0.1) is 0 Å². The van der Waals surface area contributed by atoms with Gasteiger partial charge in [0.1, 0.15) is 0 Å². The summed E-state index contributed by atoms with van der Waals surface area (Å²) in [5.41, 5.74) is 6.99. The van der Waals surface area contributed by atoms with Gasteiger partial charge in [0.05, 0.1) is 29.0 Å². The summed E-state index contributed by atoms with van der Waals surface area (Å²) in [6.45, 7) is 1.19. The minimum atomic E-state index is -3.46. The molecule has 1 aromatic rings. The molecule has 0 heterocycles. The number of sulfonamides is 1. The fourth-order valence-electron chi connectivity index (χ4n) is 2.44. The van der Waals surface area contributed by atoms with Crippen LogP contribution in [0.5, 0.6) is 0 Å². The monoisotopic (exact) mass is 313 g/mol. The zero-order chi connectivity index (χ0) is 15.3. The molecular weight excluding hydrogens is 290 g/mol. The number of rotatable bonds is 7. The van der Waals surface area contributed by atoms with Gasteiger partial charge < -0.3 is 15.8 Å². The van der Waals surface area contributed by atoms with Crippen LogP contribution in [-0.2, 0) is 14.8 Å². The maximum absolute atomic E-state index is 11.8. The summed E-state index contributed by atoms with van der Waals surface area (Å²) in [5, 5.41) is 3.13. The maximum atomic E-state index is 11.8. The number of anilines is 2. The lowest BCUT2D eigenvalue weighted by atomic mass is 10.2. The molecule has 0 amide bonds. The van der Waals surface area contributed by atoms with Crippen molar-refractivity contribution < 1.29 is 13.2 Å². The lowest BCUT2D eigenvalue weighted by Gasteiger charge is -2.14. The molecule has 1 aromatic carbocycles. The number of ether oxygens (including phenoxy) is 1. The predicted octanol–water partition coefficient (Wildman–Crippen LogP) is 1.55. The molecule has 4 N–H and O–H groups in total. The van der Waals surface area contributed by atoms with Crippen LogP contribution in [0.4, 0.5) is 11.4 Å². The molecule has 0 radical (unpaired) electrons. The van der Waals surface area contributed by atoms with E-state index in [9.17, 15) is 8.42 Å². The standard InChI is InChI=1S/C14H23N3O3S/c1-16-21(18,19)12-6-7-13(15)14(10-12)17-8-9-20-11-4-2-3-5-11/h6-7,10-11,16-17H,2-5,8-9,15H2,1H3. The second kappa shape index (κ2) is 7.11. The van der Waals surface area contributed by atoms with Crippen LogP contribution in [0.2, 0.25) is 0 Å². The van der Waals surface area contributed by atoms with E-state index >= 15 is 0 Å². The molecule has 118 valence electrons. The van der Waals surface area contributed by atoms with E-state index in [2.05, 4.69) is 10.0 Å². The Hall–Kier alpha value is -1.31. The highest BCUT2D eigenvalue weighted by Crippen LogP contribution is 2.23. The molecule has 2 rings (SSSR count). The molecule has 0 bridgehead atoms. The Labute approximate surface area is 126 Å². The average molecular weight is 313 g/mol.